The lowest BCUT2D eigenvalue weighted by molar-refractivity contribution is -0.384. The Labute approximate surface area is 174 Å². The Morgan fingerprint density at radius 1 is 1.21 bits per heavy atom. The van der Waals surface area contributed by atoms with Crippen molar-refractivity contribution in [2.45, 2.75) is 4.90 Å². The fraction of sp³-hybridized carbons (Fsp3) is 0. The zero-order chi connectivity index (χ0) is 20.8. The third-order valence-corrected chi connectivity index (χ3v) is 6.66. The predicted octanol–water partition coefficient (Wildman–Crippen LogP) is 2.45. The summed E-state index contributed by atoms with van der Waals surface area (Å²) in [5, 5.41) is 11.9. The number of fused-ring (bicyclic) bond motifs is 1. The van der Waals surface area contributed by atoms with Gasteiger partial charge >= 0.3 is 0 Å². The number of nitro benzene ring substituents is 1. The molecule has 29 heavy (non-hydrogen) atoms. The standard InChI is InChI=1S/C17H10N4O5S3/c22-16-13(9-10-4-3-5-11(8-10)21(23)24)28-17(27)20(16)18-15-12-6-1-2-7-14(12)29(25,26)19-15/h1-9H,(H,18,19)/b13-9-. The highest BCUT2D eigenvalue weighted by Crippen LogP contribution is 2.33. The van der Waals surface area contributed by atoms with Gasteiger partial charge in [0.15, 0.2) is 10.2 Å². The Hall–Kier alpha value is -3.09. The summed E-state index contributed by atoms with van der Waals surface area (Å²) < 4.78 is 28.1. The van der Waals surface area contributed by atoms with Gasteiger partial charge in [-0.2, -0.15) is 13.4 Å². The molecule has 12 heteroatoms. The second-order valence-corrected chi connectivity index (χ2v) is 9.14. The van der Waals surface area contributed by atoms with Gasteiger partial charge in [-0.05, 0) is 36.0 Å². The third-order valence-electron chi connectivity index (χ3n) is 4.02. The van der Waals surface area contributed by atoms with Crippen LogP contribution in [0.3, 0.4) is 0 Å². The number of amides is 1. The van der Waals surface area contributed by atoms with Crippen molar-refractivity contribution in [3.8, 4) is 0 Å². The number of benzene rings is 2. The molecule has 1 fully saturated rings. The maximum absolute atomic E-state index is 12.7. The number of sulfonamides is 1. The van der Waals surface area contributed by atoms with Gasteiger partial charge < -0.3 is 0 Å². The molecule has 0 atom stereocenters. The lowest BCUT2D eigenvalue weighted by atomic mass is 10.2. The topological polar surface area (TPSA) is 122 Å². The molecule has 1 saturated heterocycles. The number of amidine groups is 1. The van der Waals surface area contributed by atoms with Gasteiger partial charge in [-0.25, -0.2) is 0 Å². The molecule has 0 saturated carbocycles. The van der Waals surface area contributed by atoms with Crippen molar-refractivity contribution in [3.63, 3.8) is 0 Å². The summed E-state index contributed by atoms with van der Waals surface area (Å²) in [4.78, 5) is 23.4. The van der Waals surface area contributed by atoms with Crippen LogP contribution in [0.25, 0.3) is 6.08 Å². The lowest BCUT2D eigenvalue weighted by Gasteiger charge is -2.16. The Kier molecular flexibility index (Phi) is 4.68. The van der Waals surface area contributed by atoms with E-state index in [1.54, 1.807) is 24.3 Å². The van der Waals surface area contributed by atoms with E-state index in [0.717, 1.165) is 16.8 Å². The molecular formula is C17H10N4O5S3. The van der Waals surface area contributed by atoms with Crippen LogP contribution in [-0.2, 0) is 14.8 Å². The summed E-state index contributed by atoms with van der Waals surface area (Å²) >= 11 is 6.21. The Morgan fingerprint density at radius 2 is 1.97 bits per heavy atom. The van der Waals surface area contributed by atoms with Crippen molar-refractivity contribution < 1.29 is 18.1 Å². The molecule has 9 nitrogen and oxygen atoms in total. The van der Waals surface area contributed by atoms with E-state index in [4.69, 9.17) is 12.2 Å². The summed E-state index contributed by atoms with van der Waals surface area (Å²) in [6.07, 6.45) is 1.48. The van der Waals surface area contributed by atoms with Crippen LogP contribution in [0, 0.1) is 10.1 Å². The van der Waals surface area contributed by atoms with Crippen LogP contribution in [0.5, 0.6) is 0 Å². The monoisotopic (exact) mass is 446 g/mol. The predicted molar refractivity (Wildman–Crippen MR) is 111 cm³/mol. The number of nitrogens with one attached hydrogen (secondary N) is 1. The van der Waals surface area contributed by atoms with Crippen LogP contribution < -0.4 is 5.43 Å². The molecule has 0 spiro atoms. The number of nitro groups is 1. The van der Waals surface area contributed by atoms with Crippen LogP contribution in [0.15, 0.2) is 62.7 Å². The number of carbonyl (C=O) groups excluding carboxylic acids is 1. The summed E-state index contributed by atoms with van der Waals surface area (Å²) in [6, 6.07) is 12.1. The van der Waals surface area contributed by atoms with E-state index in [1.807, 2.05) is 0 Å². The second-order valence-electron chi connectivity index (χ2n) is 5.89. The molecule has 1 amide bonds. The van der Waals surface area contributed by atoms with Crippen LogP contribution in [0.2, 0.25) is 0 Å². The van der Waals surface area contributed by atoms with Gasteiger partial charge in [0.1, 0.15) is 4.90 Å². The molecule has 0 aromatic heterocycles. The van der Waals surface area contributed by atoms with Gasteiger partial charge in [0.05, 0.1) is 9.83 Å². The van der Waals surface area contributed by atoms with Crippen molar-refractivity contribution in [2.24, 2.45) is 4.40 Å². The van der Waals surface area contributed by atoms with Crippen LogP contribution in [0.4, 0.5) is 5.69 Å². The number of hydrogen-bond acceptors (Lipinski definition) is 8. The summed E-state index contributed by atoms with van der Waals surface area (Å²) in [6.45, 7) is 0. The minimum atomic E-state index is -3.85. The van der Waals surface area contributed by atoms with Gasteiger partial charge in [-0.1, -0.05) is 36.0 Å². The van der Waals surface area contributed by atoms with Crippen LogP contribution in [-0.4, -0.2) is 34.4 Å². The van der Waals surface area contributed by atoms with E-state index in [1.165, 1.54) is 30.3 Å². The van der Waals surface area contributed by atoms with Gasteiger partial charge in [0.2, 0.25) is 0 Å². The summed E-state index contributed by atoms with van der Waals surface area (Å²) in [7, 11) is -3.85. The summed E-state index contributed by atoms with van der Waals surface area (Å²) in [5.41, 5.74) is 3.38. The lowest BCUT2D eigenvalue weighted by Crippen LogP contribution is -2.44. The zero-order valence-corrected chi connectivity index (χ0v) is 16.8. The first-order valence-electron chi connectivity index (χ1n) is 8.00. The minimum absolute atomic E-state index is 0.00602. The highest BCUT2D eigenvalue weighted by Gasteiger charge is 2.36. The molecule has 0 aliphatic carbocycles. The number of hydrogen-bond donors (Lipinski definition) is 1. The van der Waals surface area contributed by atoms with Gasteiger partial charge in [-0.3, -0.25) is 20.3 Å². The van der Waals surface area contributed by atoms with Gasteiger partial charge in [0.25, 0.3) is 21.6 Å². The second kappa shape index (κ2) is 7.06. The number of rotatable bonds is 3. The molecule has 2 aliphatic heterocycles. The van der Waals surface area contributed by atoms with E-state index in [0.29, 0.717) is 11.1 Å². The van der Waals surface area contributed by atoms with Crippen LogP contribution >= 0.6 is 24.0 Å². The average molecular weight is 446 g/mol. The molecule has 2 aromatic carbocycles. The van der Waals surface area contributed by atoms with E-state index in [-0.39, 0.29) is 25.6 Å². The number of non-ortho nitro benzene ring substituents is 1. The van der Waals surface area contributed by atoms with Crippen molar-refractivity contribution in [2.75, 3.05) is 0 Å². The molecule has 2 aromatic rings. The largest absolute Gasteiger partial charge is 0.285 e. The smallest absolute Gasteiger partial charge is 0.272 e. The van der Waals surface area contributed by atoms with Crippen molar-refractivity contribution in [1.29, 1.82) is 0 Å². The van der Waals surface area contributed by atoms with Gasteiger partial charge in [-0.15, -0.1) is 4.40 Å². The SMILES string of the molecule is O=C1/C(=C/c2cccc([N+](=O)[O-])c2)SC(=S)N1NC1=NS(=O)(=O)c2ccccc21. The first-order valence-corrected chi connectivity index (χ1v) is 10.7. The fourth-order valence-corrected chi connectivity index (χ4v) is 5.09. The third kappa shape index (κ3) is 3.52. The maximum atomic E-state index is 12.7. The molecule has 1 N–H and O–H groups in total. The zero-order valence-electron chi connectivity index (χ0n) is 14.3. The highest BCUT2D eigenvalue weighted by molar-refractivity contribution is 8.26. The molecule has 146 valence electrons. The molecule has 2 heterocycles. The van der Waals surface area contributed by atoms with Crippen LogP contribution in [0.1, 0.15) is 11.1 Å². The average Bonchev–Trinajstić information content (AvgIpc) is 3.10. The highest BCUT2D eigenvalue weighted by atomic mass is 32.2. The first-order chi connectivity index (χ1) is 13.8. The Morgan fingerprint density at radius 3 is 2.72 bits per heavy atom. The molecule has 0 radical (unpaired) electrons. The first kappa shape index (κ1) is 19.2. The molecule has 0 unspecified atom stereocenters. The molecule has 0 bridgehead atoms. The summed E-state index contributed by atoms with van der Waals surface area (Å²) in [5.74, 6) is -0.524. The van der Waals surface area contributed by atoms with E-state index in [2.05, 4.69) is 9.82 Å². The van der Waals surface area contributed by atoms with Gasteiger partial charge in [0, 0.05) is 17.7 Å². The quantitative estimate of drug-likeness (QED) is 0.330. The van der Waals surface area contributed by atoms with Crippen molar-refractivity contribution in [3.05, 3.63) is 74.7 Å². The maximum Gasteiger partial charge on any atom is 0.285 e. The number of hydrazine groups is 1. The number of thiocarbonyl (C=S) groups is 1. The number of nitrogens with zero attached hydrogens (tertiary/aromatic N) is 3. The Bertz CT molecular complexity index is 1250. The number of carbonyl (C=O) groups is 1. The van der Waals surface area contributed by atoms with E-state index >= 15 is 0 Å². The molecule has 2 aliphatic rings. The Balaban J connectivity index is 1.62. The van der Waals surface area contributed by atoms with E-state index < -0.39 is 20.9 Å². The minimum Gasteiger partial charge on any atom is -0.272 e. The number of thioether (sulfide) groups is 1. The fourth-order valence-electron chi connectivity index (χ4n) is 2.74. The molecular weight excluding hydrogens is 436 g/mol. The molecule has 4 rings (SSSR count). The van der Waals surface area contributed by atoms with Crippen molar-refractivity contribution in [1.82, 2.24) is 10.4 Å². The normalized spacial score (nSPS) is 18.7. The van der Waals surface area contributed by atoms with Crippen molar-refractivity contribution >= 4 is 61.8 Å². The van der Waals surface area contributed by atoms with E-state index in [9.17, 15) is 23.3 Å².